The number of ether oxygens (including phenoxy) is 1. The number of aliphatic hydroxyl groups is 1. The first-order chi connectivity index (χ1) is 22.3. The highest BCUT2D eigenvalue weighted by Crippen LogP contribution is 2.17. The Balaban J connectivity index is 3.04. The van der Waals surface area contributed by atoms with Crippen molar-refractivity contribution in [1.29, 1.82) is 0 Å². The van der Waals surface area contributed by atoms with E-state index in [1.54, 1.807) is 55.4 Å². The van der Waals surface area contributed by atoms with Gasteiger partial charge in [-0.15, -0.1) is 0 Å². The molecule has 0 saturated carbocycles. The highest BCUT2D eigenvalue weighted by molar-refractivity contribution is 7.98. The van der Waals surface area contributed by atoms with Crippen LogP contribution < -0.4 is 26.6 Å². The number of aliphatic hydroxyl groups excluding tert-OH is 1. The van der Waals surface area contributed by atoms with Crippen molar-refractivity contribution >= 4 is 41.5 Å². The molecule has 272 valence electrons. The van der Waals surface area contributed by atoms with Crippen molar-refractivity contribution in [3.8, 4) is 0 Å². The van der Waals surface area contributed by atoms with E-state index in [1.807, 2.05) is 30.3 Å². The largest absolute Gasteiger partial charge is 0.444 e. The van der Waals surface area contributed by atoms with Gasteiger partial charge in [0.05, 0.1) is 18.6 Å². The molecule has 0 spiro atoms. The van der Waals surface area contributed by atoms with Gasteiger partial charge in [0.2, 0.25) is 23.6 Å². The maximum absolute atomic E-state index is 13.7. The van der Waals surface area contributed by atoms with Crippen LogP contribution in [0.1, 0.15) is 87.6 Å². The summed E-state index contributed by atoms with van der Waals surface area (Å²) in [6.07, 6.45) is -1.58. The van der Waals surface area contributed by atoms with Gasteiger partial charge < -0.3 is 36.4 Å². The number of rotatable bonds is 19. The molecule has 48 heavy (non-hydrogen) atoms. The molecule has 0 aliphatic rings. The van der Waals surface area contributed by atoms with Crippen molar-refractivity contribution in [2.75, 3.05) is 12.3 Å². The van der Waals surface area contributed by atoms with Crippen molar-refractivity contribution in [1.82, 2.24) is 26.6 Å². The monoisotopic (exact) mass is 693 g/mol. The van der Waals surface area contributed by atoms with Crippen LogP contribution in [-0.4, -0.2) is 83.0 Å². The fourth-order valence-corrected chi connectivity index (χ4v) is 5.59. The Labute approximate surface area is 291 Å². The fraction of sp³-hybridized carbons (Fsp3) is 0.686. The van der Waals surface area contributed by atoms with E-state index in [-0.39, 0.29) is 29.9 Å². The number of hydrogen-bond acceptors (Lipinski definition) is 8. The van der Waals surface area contributed by atoms with E-state index in [0.717, 1.165) is 12.0 Å². The minimum Gasteiger partial charge on any atom is -0.444 e. The number of amides is 5. The Kier molecular flexibility index (Phi) is 18.6. The predicted octanol–water partition coefficient (Wildman–Crippen LogP) is 3.51. The summed E-state index contributed by atoms with van der Waals surface area (Å²) in [7, 11) is 0. The second-order valence-corrected chi connectivity index (χ2v) is 15.3. The number of benzene rings is 1. The molecule has 5 amide bonds. The average Bonchev–Trinajstić information content (AvgIpc) is 2.96. The van der Waals surface area contributed by atoms with Gasteiger partial charge in [-0.1, -0.05) is 71.9 Å². The molecule has 0 aliphatic heterocycles. The van der Waals surface area contributed by atoms with Gasteiger partial charge in [0.1, 0.15) is 23.7 Å². The molecular formula is C35H59N5O7S. The zero-order valence-corrected chi connectivity index (χ0v) is 31.2. The summed E-state index contributed by atoms with van der Waals surface area (Å²) < 4.78 is 5.32. The number of alkyl carbamates (subject to hydrolysis) is 1. The summed E-state index contributed by atoms with van der Waals surface area (Å²) >= 11 is 1.48. The van der Waals surface area contributed by atoms with Crippen LogP contribution in [0.2, 0.25) is 0 Å². The number of nitrogens with one attached hydrogen (secondary N) is 5. The molecule has 0 aliphatic carbocycles. The molecule has 0 bridgehead atoms. The first kappa shape index (κ1) is 42.7. The second-order valence-electron chi connectivity index (χ2n) is 14.2. The van der Waals surface area contributed by atoms with Crippen LogP contribution in [0.5, 0.6) is 0 Å². The minimum atomic E-state index is -1.28. The van der Waals surface area contributed by atoms with E-state index in [0.29, 0.717) is 18.2 Å². The van der Waals surface area contributed by atoms with E-state index < -0.39 is 59.7 Å². The van der Waals surface area contributed by atoms with Gasteiger partial charge in [-0.3, -0.25) is 19.2 Å². The van der Waals surface area contributed by atoms with Crippen molar-refractivity contribution in [2.45, 2.75) is 124 Å². The zero-order valence-electron chi connectivity index (χ0n) is 30.3. The molecule has 13 heteroatoms. The normalized spacial score (nSPS) is 14.8. The molecule has 0 heterocycles. The third kappa shape index (κ3) is 17.2. The third-order valence-corrected chi connectivity index (χ3v) is 8.39. The van der Waals surface area contributed by atoms with Crippen molar-refractivity contribution in [2.24, 2.45) is 17.8 Å². The lowest BCUT2D eigenvalue weighted by Crippen LogP contribution is -2.59. The SMILES string of the molecule is CC(C)CCNC(=O)[C@H](C)NC(=O)C[C@H](O)[C@H](CSCc1ccccc1)NC(=O)[C@@H](NC(=O)[C@@H](NC(=O)OC(C)(C)C)C(C)C)C(C)C. The molecule has 5 atom stereocenters. The van der Waals surface area contributed by atoms with Crippen molar-refractivity contribution < 1.29 is 33.8 Å². The Morgan fingerprint density at radius 1 is 0.792 bits per heavy atom. The molecule has 12 nitrogen and oxygen atoms in total. The Bertz CT molecular complexity index is 1170. The standard InChI is InChI=1S/C35H59N5O7S/c1-21(2)16-17-36-31(43)24(7)37-28(42)18-27(41)26(20-48-19-25-14-12-11-13-15-25)38-32(44)29(22(3)4)39-33(45)30(23(5)6)40-34(46)47-35(8,9)10/h11-15,21-24,26-27,29-30,41H,16-20H2,1-10H3,(H,36,43)(H,37,42)(H,38,44)(H,39,45)(H,40,46)/t24-,26-,27-,29-,30-/m0/s1. The average molecular weight is 694 g/mol. The summed E-state index contributed by atoms with van der Waals surface area (Å²) in [4.78, 5) is 64.7. The number of hydrogen-bond donors (Lipinski definition) is 6. The highest BCUT2D eigenvalue weighted by Gasteiger charge is 2.34. The highest BCUT2D eigenvalue weighted by atomic mass is 32.2. The van der Waals surface area contributed by atoms with Gasteiger partial charge in [0.25, 0.3) is 0 Å². The summed E-state index contributed by atoms with van der Waals surface area (Å²) in [6, 6.07) is 6.07. The summed E-state index contributed by atoms with van der Waals surface area (Å²) in [5.74, 6) is -1.31. The maximum Gasteiger partial charge on any atom is 0.408 e. The molecule has 0 radical (unpaired) electrons. The third-order valence-electron chi connectivity index (χ3n) is 7.26. The zero-order chi connectivity index (χ0) is 36.6. The van der Waals surface area contributed by atoms with Gasteiger partial charge in [-0.2, -0.15) is 11.8 Å². The molecule has 1 aromatic carbocycles. The van der Waals surface area contributed by atoms with Crippen LogP contribution in [0, 0.1) is 17.8 Å². The molecule has 0 unspecified atom stereocenters. The fourth-order valence-electron chi connectivity index (χ4n) is 4.48. The second kappa shape index (κ2) is 20.9. The maximum atomic E-state index is 13.7. The van der Waals surface area contributed by atoms with E-state index in [4.69, 9.17) is 4.74 Å². The molecule has 6 N–H and O–H groups in total. The predicted molar refractivity (Wildman–Crippen MR) is 190 cm³/mol. The van der Waals surface area contributed by atoms with Gasteiger partial charge >= 0.3 is 6.09 Å². The minimum absolute atomic E-state index is 0.272. The number of thioether (sulfide) groups is 1. The van der Waals surface area contributed by atoms with E-state index >= 15 is 0 Å². The number of carbonyl (C=O) groups is 5. The van der Waals surface area contributed by atoms with E-state index in [9.17, 15) is 29.1 Å². The van der Waals surface area contributed by atoms with E-state index in [1.165, 1.54) is 11.8 Å². The van der Waals surface area contributed by atoms with Crippen molar-refractivity contribution in [3.05, 3.63) is 35.9 Å². The Morgan fingerprint density at radius 2 is 1.35 bits per heavy atom. The lowest BCUT2D eigenvalue weighted by atomic mass is 9.99. The Morgan fingerprint density at radius 3 is 1.90 bits per heavy atom. The summed E-state index contributed by atoms with van der Waals surface area (Å²) in [6.45, 7) is 18.4. The van der Waals surface area contributed by atoms with Crippen LogP contribution >= 0.6 is 11.8 Å². The van der Waals surface area contributed by atoms with Crippen LogP contribution in [0.4, 0.5) is 4.79 Å². The van der Waals surface area contributed by atoms with Gasteiger partial charge in [0, 0.05) is 18.1 Å². The molecule has 0 saturated heterocycles. The first-order valence-electron chi connectivity index (χ1n) is 16.8. The quantitative estimate of drug-likeness (QED) is 0.128. The lowest BCUT2D eigenvalue weighted by Gasteiger charge is -2.30. The van der Waals surface area contributed by atoms with Crippen LogP contribution in [0.3, 0.4) is 0 Å². The smallest absolute Gasteiger partial charge is 0.408 e. The van der Waals surface area contributed by atoms with Gasteiger partial charge in [-0.25, -0.2) is 4.79 Å². The molecule has 0 aromatic heterocycles. The summed E-state index contributed by atoms with van der Waals surface area (Å²) in [5, 5.41) is 24.8. The van der Waals surface area contributed by atoms with E-state index in [2.05, 4.69) is 40.4 Å². The topological polar surface area (TPSA) is 175 Å². The van der Waals surface area contributed by atoms with Crippen LogP contribution in [-0.2, 0) is 29.7 Å². The lowest BCUT2D eigenvalue weighted by molar-refractivity contribution is -0.133. The summed E-state index contributed by atoms with van der Waals surface area (Å²) in [5.41, 5.74) is 0.299. The molecule has 0 fully saturated rings. The Hall–Kier alpha value is -3.32. The van der Waals surface area contributed by atoms with Crippen molar-refractivity contribution in [3.63, 3.8) is 0 Å². The number of carbonyl (C=O) groups excluding carboxylic acids is 5. The van der Waals surface area contributed by atoms with Gasteiger partial charge in [-0.05, 0) is 57.4 Å². The van der Waals surface area contributed by atoms with Gasteiger partial charge in [0.15, 0.2) is 0 Å². The molecule has 1 aromatic rings. The molecule has 1 rings (SSSR count). The van der Waals surface area contributed by atoms with Crippen LogP contribution in [0.25, 0.3) is 0 Å². The van der Waals surface area contributed by atoms with Crippen LogP contribution in [0.15, 0.2) is 30.3 Å². The first-order valence-corrected chi connectivity index (χ1v) is 17.9. The molecular weight excluding hydrogens is 634 g/mol.